The summed E-state index contributed by atoms with van der Waals surface area (Å²) in [7, 11) is 0. The van der Waals surface area contributed by atoms with Crippen LogP contribution in [0.5, 0.6) is 0 Å². The molecule has 0 aliphatic rings. The van der Waals surface area contributed by atoms with Crippen LogP contribution in [0.1, 0.15) is 188 Å². The van der Waals surface area contributed by atoms with Crippen molar-refractivity contribution < 1.29 is 28.6 Å². The molecule has 0 aliphatic carbocycles. The van der Waals surface area contributed by atoms with E-state index in [0.29, 0.717) is 19.3 Å². The largest absolute Gasteiger partial charge is 0.462 e. The van der Waals surface area contributed by atoms with Gasteiger partial charge < -0.3 is 14.2 Å². The van der Waals surface area contributed by atoms with Crippen molar-refractivity contribution in [2.45, 2.75) is 194 Å². The van der Waals surface area contributed by atoms with Gasteiger partial charge in [-0.2, -0.15) is 0 Å². The summed E-state index contributed by atoms with van der Waals surface area (Å²) < 4.78 is 16.7. The maximum absolute atomic E-state index is 12.8. The Labute approximate surface area is 409 Å². The van der Waals surface area contributed by atoms with Crippen molar-refractivity contribution in [3.05, 3.63) is 158 Å². The molecule has 0 aromatic heterocycles. The van der Waals surface area contributed by atoms with Crippen molar-refractivity contribution in [2.75, 3.05) is 13.2 Å². The number of hydrogen-bond acceptors (Lipinski definition) is 6. The van der Waals surface area contributed by atoms with Gasteiger partial charge in [-0.15, -0.1) is 0 Å². The van der Waals surface area contributed by atoms with Crippen molar-refractivity contribution in [1.82, 2.24) is 0 Å². The zero-order chi connectivity index (χ0) is 48.6. The summed E-state index contributed by atoms with van der Waals surface area (Å²) in [5.41, 5.74) is 0. The smallest absolute Gasteiger partial charge is 0.306 e. The molecule has 0 aliphatic heterocycles. The van der Waals surface area contributed by atoms with Gasteiger partial charge in [-0.3, -0.25) is 14.4 Å². The van der Waals surface area contributed by atoms with Crippen LogP contribution in [0, 0.1) is 0 Å². The monoisotopic (exact) mass is 921 g/mol. The van der Waals surface area contributed by atoms with Crippen LogP contribution in [0.15, 0.2) is 158 Å². The van der Waals surface area contributed by atoms with Gasteiger partial charge in [0.05, 0.1) is 0 Å². The Morgan fingerprint density at radius 2 is 0.552 bits per heavy atom. The second-order valence-corrected chi connectivity index (χ2v) is 16.3. The van der Waals surface area contributed by atoms with Crippen molar-refractivity contribution in [2.24, 2.45) is 0 Å². The Kier molecular flexibility index (Phi) is 49.7. The molecule has 0 spiro atoms. The molecule has 0 N–H and O–H groups in total. The Hall–Kier alpha value is -4.97. The number of unbranched alkanes of at least 4 members (excludes halogenated alkanes) is 7. The molecule has 0 rings (SSSR count). The van der Waals surface area contributed by atoms with Crippen LogP contribution >= 0.6 is 0 Å². The Bertz CT molecular complexity index is 1570. The summed E-state index contributed by atoms with van der Waals surface area (Å²) >= 11 is 0. The minimum absolute atomic E-state index is 0.132. The van der Waals surface area contributed by atoms with Crippen LogP contribution in [-0.4, -0.2) is 37.2 Å². The molecule has 372 valence electrons. The highest BCUT2D eigenvalue weighted by atomic mass is 16.6. The van der Waals surface area contributed by atoms with E-state index in [1.165, 1.54) is 0 Å². The molecule has 0 heterocycles. The van der Waals surface area contributed by atoms with E-state index in [-0.39, 0.29) is 44.0 Å². The topological polar surface area (TPSA) is 78.9 Å². The lowest BCUT2D eigenvalue weighted by molar-refractivity contribution is -0.167. The van der Waals surface area contributed by atoms with E-state index in [2.05, 4.69) is 179 Å². The zero-order valence-corrected chi connectivity index (χ0v) is 42.3. The second kappa shape index (κ2) is 53.6. The molecule has 67 heavy (non-hydrogen) atoms. The maximum atomic E-state index is 12.8. The predicted octanol–water partition coefficient (Wildman–Crippen LogP) is 17.4. The van der Waals surface area contributed by atoms with Gasteiger partial charge in [0, 0.05) is 19.3 Å². The van der Waals surface area contributed by atoms with Crippen LogP contribution in [-0.2, 0) is 28.6 Å². The average Bonchev–Trinajstić information content (AvgIpc) is 3.33. The molecule has 0 aromatic carbocycles. The number of allylic oxidation sites excluding steroid dienone is 26. The van der Waals surface area contributed by atoms with Crippen molar-refractivity contribution in [1.29, 1.82) is 0 Å². The summed E-state index contributed by atoms with van der Waals surface area (Å²) in [6, 6.07) is 0. The highest BCUT2D eigenvalue weighted by molar-refractivity contribution is 5.71. The molecule has 6 nitrogen and oxygen atoms in total. The van der Waals surface area contributed by atoms with E-state index in [0.717, 1.165) is 135 Å². The average molecular weight is 921 g/mol. The maximum Gasteiger partial charge on any atom is 0.306 e. The first-order chi connectivity index (χ1) is 33.0. The number of rotatable bonds is 44. The van der Waals surface area contributed by atoms with Crippen molar-refractivity contribution in [3.63, 3.8) is 0 Å². The van der Waals surface area contributed by atoms with Crippen LogP contribution in [0.3, 0.4) is 0 Å². The first kappa shape index (κ1) is 62.0. The molecule has 0 fully saturated rings. The van der Waals surface area contributed by atoms with Gasteiger partial charge in [0.2, 0.25) is 0 Å². The third-order valence-corrected chi connectivity index (χ3v) is 10.0. The SMILES string of the molecule is CC/C=C\C/C=C\C/C=C\C/C=C\C/C=C\CCCCCC(=O)OCC(COC(=O)CCC/C=C\C/C=C\C/C=C\CC)OC(=O)CCCCC/C=C\C/C=C\C/C=C\C/C=C\C/C=C\CC. The number of esters is 3. The fourth-order valence-corrected chi connectivity index (χ4v) is 6.22. The van der Waals surface area contributed by atoms with Crippen molar-refractivity contribution in [3.8, 4) is 0 Å². The summed E-state index contributed by atoms with van der Waals surface area (Å²) in [6.45, 7) is 6.15. The van der Waals surface area contributed by atoms with E-state index < -0.39 is 6.10 Å². The van der Waals surface area contributed by atoms with E-state index in [9.17, 15) is 14.4 Å². The Balaban J connectivity index is 4.57. The van der Waals surface area contributed by atoms with Gasteiger partial charge in [-0.25, -0.2) is 0 Å². The molecule has 0 bridgehead atoms. The molecule has 1 unspecified atom stereocenters. The summed E-state index contributed by atoms with van der Waals surface area (Å²) in [5.74, 6) is -1.06. The summed E-state index contributed by atoms with van der Waals surface area (Å²) in [6.07, 6.45) is 78.1. The molecule has 0 radical (unpaired) electrons. The lowest BCUT2D eigenvalue weighted by Gasteiger charge is -2.18. The predicted molar refractivity (Wildman–Crippen MR) is 288 cm³/mol. The minimum atomic E-state index is -0.837. The third kappa shape index (κ3) is 51.9. The molecule has 0 amide bonds. The Morgan fingerprint density at radius 3 is 0.866 bits per heavy atom. The van der Waals surface area contributed by atoms with Crippen LogP contribution in [0.25, 0.3) is 0 Å². The molecule has 0 saturated heterocycles. The molecule has 6 heteroatoms. The fourth-order valence-electron chi connectivity index (χ4n) is 6.22. The zero-order valence-electron chi connectivity index (χ0n) is 42.3. The van der Waals surface area contributed by atoms with Crippen molar-refractivity contribution >= 4 is 17.9 Å². The van der Waals surface area contributed by atoms with Gasteiger partial charge in [0.1, 0.15) is 13.2 Å². The molecule has 0 aromatic rings. The molecule has 1 atom stereocenters. The van der Waals surface area contributed by atoms with Gasteiger partial charge in [0.15, 0.2) is 6.10 Å². The van der Waals surface area contributed by atoms with Crippen LogP contribution < -0.4 is 0 Å². The normalized spacial score (nSPS) is 13.4. The summed E-state index contributed by atoms with van der Waals surface area (Å²) in [4.78, 5) is 38.0. The first-order valence-electron chi connectivity index (χ1n) is 26.0. The quantitative estimate of drug-likeness (QED) is 0.0262. The van der Waals surface area contributed by atoms with E-state index in [4.69, 9.17) is 14.2 Å². The Morgan fingerprint density at radius 1 is 0.299 bits per heavy atom. The minimum Gasteiger partial charge on any atom is -0.462 e. The number of carbonyl (C=O) groups is 3. The van der Waals surface area contributed by atoms with Gasteiger partial charge >= 0.3 is 17.9 Å². The van der Waals surface area contributed by atoms with Gasteiger partial charge in [-0.1, -0.05) is 192 Å². The third-order valence-electron chi connectivity index (χ3n) is 10.0. The number of ether oxygens (including phenoxy) is 3. The van der Waals surface area contributed by atoms with Crippen LogP contribution in [0.4, 0.5) is 0 Å². The van der Waals surface area contributed by atoms with E-state index in [1.54, 1.807) is 0 Å². The van der Waals surface area contributed by atoms with E-state index in [1.807, 2.05) is 0 Å². The fraction of sp³-hybridized carbons (Fsp3) is 0.525. The standard InChI is InChI=1S/C61H92O6/c1-4-7-10-13-16-19-22-24-26-28-30-32-34-36-39-42-45-48-51-54-60(63)66-57-58(56-65-59(62)53-50-47-44-41-38-21-18-15-12-9-6-3)67-61(64)55-52-49-46-43-40-37-35-33-31-29-27-25-23-20-17-14-11-8-5-2/h7-12,16-21,24-27,30-33,36-37,39-41,44,58H,4-6,13-15,22-23,28-29,34-35,38,42-43,45-57H2,1-3H3/b10-7-,11-8-,12-9-,19-16-,20-17-,21-18-,26-24-,27-25-,32-30-,33-31-,39-36-,40-37-,44-41-. The lowest BCUT2D eigenvalue weighted by Crippen LogP contribution is -2.30. The van der Waals surface area contributed by atoms with Gasteiger partial charge in [0.25, 0.3) is 0 Å². The molecular weight excluding hydrogens is 829 g/mol. The molecular formula is C61H92O6. The highest BCUT2D eigenvalue weighted by Gasteiger charge is 2.19. The summed E-state index contributed by atoms with van der Waals surface area (Å²) in [5, 5.41) is 0. The number of hydrogen-bond donors (Lipinski definition) is 0. The lowest BCUT2D eigenvalue weighted by atomic mass is 10.1. The highest BCUT2D eigenvalue weighted by Crippen LogP contribution is 2.10. The van der Waals surface area contributed by atoms with Crippen LogP contribution in [0.2, 0.25) is 0 Å². The second-order valence-electron chi connectivity index (χ2n) is 16.3. The van der Waals surface area contributed by atoms with Gasteiger partial charge in [-0.05, 0) is 135 Å². The first-order valence-corrected chi connectivity index (χ1v) is 26.0. The van der Waals surface area contributed by atoms with E-state index >= 15 is 0 Å². The molecule has 0 saturated carbocycles. The number of carbonyl (C=O) groups excluding carboxylic acids is 3.